The fraction of sp³-hybridized carbons (Fsp3) is 0.500. The van der Waals surface area contributed by atoms with Crippen LogP contribution in [-0.2, 0) is 0 Å². The number of amidine groups is 1. The Morgan fingerprint density at radius 1 is 1.32 bits per heavy atom. The largest absolute Gasteiger partial charge is 0.393 e. The smallest absolute Gasteiger partial charge is 0.124 e. The molecule has 19 heavy (non-hydrogen) atoms. The van der Waals surface area contributed by atoms with E-state index in [-0.39, 0.29) is 11.9 Å². The Bertz CT molecular complexity index is 505. The highest BCUT2D eigenvalue weighted by molar-refractivity contribution is 9.10. The number of rotatable bonds is 2. The van der Waals surface area contributed by atoms with Gasteiger partial charge in [-0.15, -0.1) is 0 Å². The molecule has 2 unspecified atom stereocenters. The highest BCUT2D eigenvalue weighted by Gasteiger charge is 2.41. The van der Waals surface area contributed by atoms with Crippen molar-refractivity contribution < 1.29 is 5.11 Å². The van der Waals surface area contributed by atoms with Crippen LogP contribution in [0.3, 0.4) is 0 Å². The maximum atomic E-state index is 9.88. The second-order valence-electron chi connectivity index (χ2n) is 5.49. The van der Waals surface area contributed by atoms with E-state index in [9.17, 15) is 5.11 Å². The summed E-state index contributed by atoms with van der Waals surface area (Å²) in [6, 6.07) is 6.69. The van der Waals surface area contributed by atoms with Crippen LogP contribution in [0.5, 0.6) is 0 Å². The van der Waals surface area contributed by atoms with E-state index in [2.05, 4.69) is 20.8 Å². The summed E-state index contributed by atoms with van der Waals surface area (Å²) in [7, 11) is 0. The summed E-state index contributed by atoms with van der Waals surface area (Å²) in [6.07, 6.45) is 3.71. The van der Waals surface area contributed by atoms with E-state index in [1.807, 2.05) is 18.2 Å². The van der Waals surface area contributed by atoms with Gasteiger partial charge < -0.3 is 15.7 Å². The van der Waals surface area contributed by atoms with Gasteiger partial charge >= 0.3 is 0 Å². The van der Waals surface area contributed by atoms with Crippen molar-refractivity contribution >= 4 is 27.5 Å². The van der Waals surface area contributed by atoms with Gasteiger partial charge in [0.15, 0.2) is 0 Å². The van der Waals surface area contributed by atoms with Crippen molar-refractivity contribution in [2.45, 2.75) is 43.9 Å². The molecule has 0 aliphatic carbocycles. The first-order valence-corrected chi connectivity index (χ1v) is 7.46. The molecule has 2 bridgehead atoms. The van der Waals surface area contributed by atoms with Crippen LogP contribution < -0.4 is 10.6 Å². The molecule has 0 aromatic heterocycles. The third kappa shape index (κ3) is 2.25. The summed E-state index contributed by atoms with van der Waals surface area (Å²) >= 11 is 3.43. The summed E-state index contributed by atoms with van der Waals surface area (Å²) in [5.74, 6) is 0.0989. The second-order valence-corrected chi connectivity index (χ2v) is 6.41. The quantitative estimate of drug-likeness (QED) is 0.577. The summed E-state index contributed by atoms with van der Waals surface area (Å²) < 4.78 is 0.936. The third-order valence-corrected chi connectivity index (χ3v) is 4.73. The van der Waals surface area contributed by atoms with Gasteiger partial charge in [-0.1, -0.05) is 15.9 Å². The van der Waals surface area contributed by atoms with Gasteiger partial charge in [0.1, 0.15) is 5.84 Å². The average Bonchev–Trinajstić information content (AvgIpc) is 2.62. The van der Waals surface area contributed by atoms with Gasteiger partial charge in [-0.2, -0.15) is 0 Å². The van der Waals surface area contributed by atoms with Crippen LogP contribution in [0.15, 0.2) is 22.7 Å². The van der Waals surface area contributed by atoms with E-state index in [0.717, 1.165) is 41.4 Å². The molecule has 0 saturated carbocycles. The van der Waals surface area contributed by atoms with Crippen molar-refractivity contribution in [3.8, 4) is 0 Å². The summed E-state index contributed by atoms with van der Waals surface area (Å²) in [5.41, 5.74) is 7.53. The molecule has 4 N–H and O–H groups in total. The molecule has 2 saturated heterocycles. The summed E-state index contributed by atoms with van der Waals surface area (Å²) in [6.45, 7) is 0. The van der Waals surface area contributed by atoms with Gasteiger partial charge in [0.2, 0.25) is 0 Å². The van der Waals surface area contributed by atoms with Crippen LogP contribution in [-0.4, -0.2) is 29.1 Å². The Kier molecular flexibility index (Phi) is 3.27. The molecule has 3 rings (SSSR count). The van der Waals surface area contributed by atoms with E-state index in [4.69, 9.17) is 11.1 Å². The first-order valence-electron chi connectivity index (χ1n) is 6.66. The number of nitrogens with one attached hydrogen (secondary N) is 1. The molecule has 0 amide bonds. The van der Waals surface area contributed by atoms with Crippen LogP contribution in [0.1, 0.15) is 31.2 Å². The number of nitrogen functional groups attached to an aromatic ring is 1. The first-order chi connectivity index (χ1) is 9.06. The second kappa shape index (κ2) is 4.80. The zero-order chi connectivity index (χ0) is 13.6. The first kappa shape index (κ1) is 12.9. The van der Waals surface area contributed by atoms with E-state index < -0.39 is 0 Å². The fourth-order valence-electron chi connectivity index (χ4n) is 3.49. The SMILES string of the molecule is N=C(N)c1cc(Br)ccc1N1C2CCC1CC(O)C2. The highest BCUT2D eigenvalue weighted by Crippen LogP contribution is 2.41. The Hall–Kier alpha value is -1.07. The number of aliphatic hydroxyl groups excluding tert-OH is 1. The van der Waals surface area contributed by atoms with Crippen LogP contribution in [0.2, 0.25) is 0 Å². The zero-order valence-electron chi connectivity index (χ0n) is 10.6. The van der Waals surface area contributed by atoms with E-state index in [1.54, 1.807) is 0 Å². The number of fused-ring (bicyclic) bond motifs is 2. The minimum atomic E-state index is -0.176. The Balaban J connectivity index is 2.01. The zero-order valence-corrected chi connectivity index (χ0v) is 12.2. The minimum Gasteiger partial charge on any atom is -0.393 e. The molecule has 4 nitrogen and oxygen atoms in total. The number of halogens is 1. The molecule has 102 valence electrons. The Morgan fingerprint density at radius 2 is 1.95 bits per heavy atom. The van der Waals surface area contributed by atoms with E-state index >= 15 is 0 Å². The van der Waals surface area contributed by atoms with Crippen LogP contribution >= 0.6 is 15.9 Å². The number of hydrogen-bond acceptors (Lipinski definition) is 3. The van der Waals surface area contributed by atoms with Gasteiger partial charge in [-0.3, -0.25) is 5.41 Å². The topological polar surface area (TPSA) is 73.3 Å². The van der Waals surface area contributed by atoms with Crippen molar-refractivity contribution in [3.05, 3.63) is 28.2 Å². The standard InChI is InChI=1S/C14H18BrN3O/c15-8-1-4-13(12(5-8)14(16)17)18-9-2-3-10(18)7-11(19)6-9/h1,4-5,9-11,19H,2-3,6-7H2,(H3,16,17). The number of nitrogens with two attached hydrogens (primary N) is 1. The monoisotopic (exact) mass is 323 g/mol. The van der Waals surface area contributed by atoms with Gasteiger partial charge in [-0.05, 0) is 43.9 Å². The fourth-order valence-corrected chi connectivity index (χ4v) is 3.85. The molecule has 2 aliphatic heterocycles. The van der Waals surface area contributed by atoms with Crippen LogP contribution in [0, 0.1) is 5.41 Å². The number of anilines is 1. The van der Waals surface area contributed by atoms with Crippen molar-refractivity contribution in [1.29, 1.82) is 5.41 Å². The highest BCUT2D eigenvalue weighted by atomic mass is 79.9. The van der Waals surface area contributed by atoms with Crippen LogP contribution in [0.25, 0.3) is 0 Å². The molecule has 1 aromatic rings. The lowest BCUT2D eigenvalue weighted by molar-refractivity contribution is 0.126. The molecule has 1 aromatic carbocycles. The van der Waals surface area contributed by atoms with Crippen molar-refractivity contribution in [1.82, 2.24) is 0 Å². The molecule has 2 atom stereocenters. The van der Waals surface area contributed by atoms with Crippen molar-refractivity contribution in [3.63, 3.8) is 0 Å². The number of piperidine rings is 1. The van der Waals surface area contributed by atoms with Crippen molar-refractivity contribution in [2.24, 2.45) is 5.73 Å². The lowest BCUT2D eigenvalue weighted by Crippen LogP contribution is -2.45. The maximum absolute atomic E-state index is 9.88. The maximum Gasteiger partial charge on any atom is 0.124 e. The average molecular weight is 324 g/mol. The van der Waals surface area contributed by atoms with Gasteiger partial charge in [-0.25, -0.2) is 0 Å². The third-order valence-electron chi connectivity index (χ3n) is 4.24. The number of nitrogens with zero attached hydrogens (tertiary/aromatic N) is 1. The van der Waals surface area contributed by atoms with Crippen molar-refractivity contribution in [2.75, 3.05) is 4.90 Å². The molecular weight excluding hydrogens is 306 g/mol. The number of benzene rings is 1. The van der Waals surface area contributed by atoms with Crippen LogP contribution in [0.4, 0.5) is 5.69 Å². The lowest BCUT2D eigenvalue weighted by atomic mass is 9.97. The normalized spacial score (nSPS) is 29.6. The molecule has 5 heteroatoms. The number of hydrogen-bond donors (Lipinski definition) is 3. The molecular formula is C14H18BrN3O. The number of aliphatic hydroxyl groups is 1. The molecule has 2 heterocycles. The summed E-state index contributed by atoms with van der Waals surface area (Å²) in [4.78, 5) is 2.37. The van der Waals surface area contributed by atoms with Gasteiger partial charge in [0, 0.05) is 27.8 Å². The predicted octanol–water partition coefficient (Wildman–Crippen LogP) is 2.23. The molecule has 2 aliphatic rings. The summed E-state index contributed by atoms with van der Waals surface area (Å²) in [5, 5.41) is 17.6. The van der Waals surface area contributed by atoms with Gasteiger partial charge in [0.05, 0.1) is 6.10 Å². The van der Waals surface area contributed by atoms with E-state index in [1.165, 1.54) is 0 Å². The molecule has 0 radical (unpaired) electrons. The molecule has 2 fully saturated rings. The Labute approximate surface area is 121 Å². The van der Waals surface area contributed by atoms with Gasteiger partial charge in [0.25, 0.3) is 0 Å². The minimum absolute atomic E-state index is 0.0989. The molecule has 0 spiro atoms. The Morgan fingerprint density at radius 3 is 2.53 bits per heavy atom. The predicted molar refractivity (Wildman–Crippen MR) is 79.7 cm³/mol. The lowest BCUT2D eigenvalue weighted by Gasteiger charge is -2.40. The van der Waals surface area contributed by atoms with E-state index in [0.29, 0.717) is 12.1 Å².